The Morgan fingerprint density at radius 3 is 1.32 bits per heavy atom. The highest BCUT2D eigenvalue weighted by molar-refractivity contribution is 6.16. The monoisotopic (exact) mass is 802 g/mol. The molecule has 10 aromatic carbocycles. The van der Waals surface area contributed by atoms with Crippen LogP contribution in [-0.2, 0) is 0 Å². The lowest BCUT2D eigenvalue weighted by molar-refractivity contribution is 1.07. The van der Waals surface area contributed by atoms with E-state index in [0.29, 0.717) is 17.5 Å². The van der Waals surface area contributed by atoms with Gasteiger partial charge < -0.3 is 4.57 Å². The van der Waals surface area contributed by atoms with Crippen molar-refractivity contribution in [3.05, 3.63) is 231 Å². The van der Waals surface area contributed by atoms with Gasteiger partial charge in [0.25, 0.3) is 0 Å². The van der Waals surface area contributed by atoms with E-state index in [0.717, 1.165) is 55.3 Å². The molecule has 4 heteroatoms. The zero-order chi connectivity index (χ0) is 41.7. The van der Waals surface area contributed by atoms with Crippen LogP contribution in [0.15, 0.2) is 231 Å². The summed E-state index contributed by atoms with van der Waals surface area (Å²) in [4.78, 5) is 15.6. The summed E-state index contributed by atoms with van der Waals surface area (Å²) in [5, 5.41) is 6.99. The molecule has 0 amide bonds. The predicted molar refractivity (Wildman–Crippen MR) is 262 cm³/mol. The molecule has 0 bridgehead atoms. The van der Waals surface area contributed by atoms with E-state index in [4.69, 9.17) is 15.0 Å². The van der Waals surface area contributed by atoms with Gasteiger partial charge in [-0.05, 0) is 97.9 Å². The molecule has 0 fully saturated rings. The summed E-state index contributed by atoms with van der Waals surface area (Å²) >= 11 is 0. The highest BCUT2D eigenvalue weighted by Gasteiger charge is 2.21. The molecule has 0 spiro atoms. The van der Waals surface area contributed by atoms with Gasteiger partial charge in [0.15, 0.2) is 17.5 Å². The SMILES string of the molecule is c1ccc(-c2ccc3c(c2)c2cc(-c4ccccc4)cc(-c4ccccc4)c2n3-c2cccc(-c3nc(-c4ccc5ccccc5c4)nc(-c4ccc5ccccc5c4)n3)c2)cc1. The Bertz CT molecular complexity index is 3570. The highest BCUT2D eigenvalue weighted by atomic mass is 15.0. The summed E-state index contributed by atoms with van der Waals surface area (Å²) in [7, 11) is 0. The molecule has 12 rings (SSSR count). The molecule has 294 valence electrons. The summed E-state index contributed by atoms with van der Waals surface area (Å²) in [6.45, 7) is 0. The van der Waals surface area contributed by atoms with Gasteiger partial charge in [-0.25, -0.2) is 15.0 Å². The maximum Gasteiger partial charge on any atom is 0.164 e. The third-order valence-corrected chi connectivity index (χ3v) is 12.2. The van der Waals surface area contributed by atoms with E-state index in [9.17, 15) is 0 Å². The lowest BCUT2D eigenvalue weighted by Gasteiger charge is -2.15. The average molecular weight is 803 g/mol. The number of fused-ring (bicyclic) bond motifs is 5. The summed E-state index contributed by atoms with van der Waals surface area (Å²) in [5.74, 6) is 1.87. The average Bonchev–Trinajstić information content (AvgIpc) is 3.70. The van der Waals surface area contributed by atoms with Crippen molar-refractivity contribution in [1.29, 1.82) is 0 Å². The molecule has 12 aromatic rings. The molecule has 0 aliphatic rings. The Morgan fingerprint density at radius 2 is 0.730 bits per heavy atom. The van der Waals surface area contributed by atoms with Crippen LogP contribution in [0.25, 0.3) is 117 Å². The smallest absolute Gasteiger partial charge is 0.164 e. The van der Waals surface area contributed by atoms with Crippen LogP contribution in [0.1, 0.15) is 0 Å². The van der Waals surface area contributed by atoms with E-state index in [1.54, 1.807) is 0 Å². The fourth-order valence-electron chi connectivity index (χ4n) is 9.07. The largest absolute Gasteiger partial charge is 0.309 e. The molecule has 0 atom stereocenters. The Morgan fingerprint density at radius 1 is 0.270 bits per heavy atom. The lowest BCUT2D eigenvalue weighted by atomic mass is 9.95. The van der Waals surface area contributed by atoms with E-state index in [1.165, 1.54) is 43.8 Å². The van der Waals surface area contributed by atoms with E-state index < -0.39 is 0 Å². The standard InChI is InChI=1S/C59H38N4/c1-4-15-39(16-5-1)46-31-32-55-53(36-46)54-38-50(40-17-6-2-7-18-40)37-52(43-21-8-3-9-22-43)56(54)63(55)51-26-14-25-47(35-51)57-60-58(48-29-27-41-19-10-12-23-44(41)33-48)62-59(61-57)49-30-28-42-20-11-13-24-45(42)34-49/h1-38H. The summed E-state index contributed by atoms with van der Waals surface area (Å²) in [5.41, 5.74) is 13.1. The molecule has 0 aliphatic heterocycles. The minimum Gasteiger partial charge on any atom is -0.309 e. The first-order valence-corrected chi connectivity index (χ1v) is 21.3. The number of hydrogen-bond acceptors (Lipinski definition) is 3. The molecule has 0 saturated carbocycles. The summed E-state index contributed by atoms with van der Waals surface area (Å²) < 4.78 is 2.43. The number of nitrogens with zero attached hydrogens (tertiary/aromatic N) is 4. The maximum absolute atomic E-state index is 5.24. The minimum atomic E-state index is 0.611. The van der Waals surface area contributed by atoms with Crippen LogP contribution in [0.4, 0.5) is 0 Å². The van der Waals surface area contributed by atoms with Crippen LogP contribution in [0.5, 0.6) is 0 Å². The van der Waals surface area contributed by atoms with Gasteiger partial charge in [-0.15, -0.1) is 0 Å². The molecular weight excluding hydrogens is 765 g/mol. The zero-order valence-electron chi connectivity index (χ0n) is 34.2. The number of benzene rings is 10. The van der Waals surface area contributed by atoms with Gasteiger partial charge in [0.1, 0.15) is 0 Å². The van der Waals surface area contributed by atoms with Crippen molar-refractivity contribution in [2.45, 2.75) is 0 Å². The second-order valence-corrected chi connectivity index (χ2v) is 16.1. The summed E-state index contributed by atoms with van der Waals surface area (Å²) in [6.07, 6.45) is 0. The lowest BCUT2D eigenvalue weighted by Crippen LogP contribution is -2.01. The fourth-order valence-corrected chi connectivity index (χ4v) is 9.07. The quantitative estimate of drug-likeness (QED) is 0.161. The topological polar surface area (TPSA) is 43.6 Å². The molecule has 0 N–H and O–H groups in total. The number of aromatic nitrogens is 4. The van der Waals surface area contributed by atoms with Crippen LogP contribution in [0.3, 0.4) is 0 Å². The third-order valence-electron chi connectivity index (χ3n) is 12.2. The molecule has 0 aliphatic carbocycles. The zero-order valence-corrected chi connectivity index (χ0v) is 34.2. The molecular formula is C59H38N4. The molecule has 0 radical (unpaired) electrons. The van der Waals surface area contributed by atoms with Gasteiger partial charge in [-0.1, -0.05) is 182 Å². The summed E-state index contributed by atoms with van der Waals surface area (Å²) in [6, 6.07) is 82.0. The van der Waals surface area contributed by atoms with Crippen molar-refractivity contribution >= 4 is 43.4 Å². The van der Waals surface area contributed by atoms with Crippen LogP contribution < -0.4 is 0 Å². The minimum absolute atomic E-state index is 0.611. The van der Waals surface area contributed by atoms with Gasteiger partial charge >= 0.3 is 0 Å². The van der Waals surface area contributed by atoms with Crippen molar-refractivity contribution in [3.63, 3.8) is 0 Å². The molecule has 0 saturated heterocycles. The number of hydrogen-bond donors (Lipinski definition) is 0. The van der Waals surface area contributed by atoms with Crippen molar-refractivity contribution in [2.75, 3.05) is 0 Å². The van der Waals surface area contributed by atoms with Gasteiger partial charge in [0, 0.05) is 38.7 Å². The first-order chi connectivity index (χ1) is 31.2. The van der Waals surface area contributed by atoms with E-state index in [1.807, 2.05) is 0 Å². The van der Waals surface area contributed by atoms with Crippen molar-refractivity contribution in [1.82, 2.24) is 19.5 Å². The van der Waals surface area contributed by atoms with Gasteiger partial charge in [-0.2, -0.15) is 0 Å². The maximum atomic E-state index is 5.24. The molecule has 4 nitrogen and oxygen atoms in total. The van der Waals surface area contributed by atoms with E-state index in [2.05, 4.69) is 235 Å². The normalized spacial score (nSPS) is 11.5. The van der Waals surface area contributed by atoms with E-state index in [-0.39, 0.29) is 0 Å². The Hall–Kier alpha value is -8.47. The molecule has 0 unspecified atom stereocenters. The van der Waals surface area contributed by atoms with Crippen LogP contribution in [0, 0.1) is 0 Å². The van der Waals surface area contributed by atoms with Crippen molar-refractivity contribution < 1.29 is 0 Å². The van der Waals surface area contributed by atoms with Crippen molar-refractivity contribution in [2.24, 2.45) is 0 Å². The highest BCUT2D eigenvalue weighted by Crippen LogP contribution is 2.43. The van der Waals surface area contributed by atoms with Gasteiger partial charge in [-0.3, -0.25) is 0 Å². The Balaban J connectivity index is 1.10. The first kappa shape index (κ1) is 36.4. The molecule has 63 heavy (non-hydrogen) atoms. The third kappa shape index (κ3) is 6.62. The van der Waals surface area contributed by atoms with Gasteiger partial charge in [0.05, 0.1) is 11.0 Å². The van der Waals surface area contributed by atoms with E-state index >= 15 is 0 Å². The van der Waals surface area contributed by atoms with Crippen molar-refractivity contribution in [3.8, 4) is 73.2 Å². The van der Waals surface area contributed by atoms with Crippen LogP contribution in [0.2, 0.25) is 0 Å². The Labute approximate surface area is 365 Å². The Kier molecular flexibility index (Phi) is 8.79. The molecule has 2 heterocycles. The van der Waals surface area contributed by atoms with Gasteiger partial charge in [0.2, 0.25) is 0 Å². The second kappa shape index (κ2) is 15.2. The fraction of sp³-hybridized carbons (Fsp3) is 0. The second-order valence-electron chi connectivity index (χ2n) is 16.1. The van der Waals surface area contributed by atoms with Crippen LogP contribution >= 0.6 is 0 Å². The number of rotatable bonds is 7. The first-order valence-electron chi connectivity index (χ1n) is 21.3. The predicted octanol–water partition coefficient (Wildman–Crippen LogP) is 15.3. The molecule has 2 aromatic heterocycles. The van der Waals surface area contributed by atoms with Crippen LogP contribution in [-0.4, -0.2) is 19.5 Å².